The monoisotopic (exact) mass is 338 g/mol. The molecule has 0 saturated carbocycles. The molecule has 2 aromatic rings. The third-order valence-electron chi connectivity index (χ3n) is 3.53. The van der Waals surface area contributed by atoms with Gasteiger partial charge in [0.25, 0.3) is 0 Å². The fraction of sp³-hybridized carbons (Fsp3) is 0.385. The van der Waals surface area contributed by atoms with Crippen molar-refractivity contribution in [2.45, 2.75) is 32.2 Å². The van der Waals surface area contributed by atoms with Crippen molar-refractivity contribution in [3.05, 3.63) is 28.7 Å². The van der Waals surface area contributed by atoms with Gasteiger partial charge in [-0.3, -0.25) is 0 Å². The smallest absolute Gasteiger partial charge is 0.331 e. The van der Waals surface area contributed by atoms with Crippen LogP contribution in [0, 0.1) is 0 Å². The number of benzene rings is 1. The number of carboxylic acids is 1. The predicted molar refractivity (Wildman–Crippen MR) is 77.1 cm³/mol. The van der Waals surface area contributed by atoms with Gasteiger partial charge in [-0.1, -0.05) is 41.9 Å². The molecule has 0 aliphatic carbocycles. The van der Waals surface area contributed by atoms with E-state index in [0.717, 1.165) is 10.0 Å². The van der Waals surface area contributed by atoms with Crippen molar-refractivity contribution in [3.8, 4) is 11.4 Å². The van der Waals surface area contributed by atoms with Gasteiger partial charge < -0.3 is 5.11 Å². The number of halogens is 1. The molecule has 0 saturated heterocycles. The van der Waals surface area contributed by atoms with E-state index in [4.69, 9.17) is 0 Å². The molecule has 0 radical (unpaired) electrons. The van der Waals surface area contributed by atoms with E-state index >= 15 is 0 Å². The summed E-state index contributed by atoms with van der Waals surface area (Å²) in [5.74, 6) is -0.469. The van der Waals surface area contributed by atoms with Gasteiger partial charge in [0.2, 0.25) is 0 Å². The Balaban J connectivity index is 2.60. The molecular formula is C13H15BrN4O2. The van der Waals surface area contributed by atoms with Crippen LogP contribution in [-0.2, 0) is 10.3 Å². The van der Waals surface area contributed by atoms with Crippen molar-refractivity contribution in [3.63, 3.8) is 0 Å². The quantitative estimate of drug-likeness (QED) is 0.906. The highest BCUT2D eigenvalue weighted by Crippen LogP contribution is 2.30. The standard InChI is InChI=1S/C13H15BrN4O2/c1-3-13(4-2,12(19)20)18-11(15-16-17-18)9-6-5-7-10(14)8-9/h5-8H,3-4H2,1-2H3,(H,19,20). The second-order valence-electron chi connectivity index (χ2n) is 4.47. The highest BCUT2D eigenvalue weighted by Gasteiger charge is 2.40. The Morgan fingerprint density at radius 1 is 1.40 bits per heavy atom. The molecule has 0 unspecified atom stereocenters. The molecule has 6 nitrogen and oxygen atoms in total. The van der Waals surface area contributed by atoms with Crippen molar-refractivity contribution in [1.29, 1.82) is 0 Å². The molecule has 106 valence electrons. The fourth-order valence-corrected chi connectivity index (χ4v) is 2.62. The second-order valence-corrected chi connectivity index (χ2v) is 5.38. The van der Waals surface area contributed by atoms with Crippen molar-refractivity contribution in [2.75, 3.05) is 0 Å². The third kappa shape index (κ3) is 2.33. The van der Waals surface area contributed by atoms with E-state index < -0.39 is 11.5 Å². The van der Waals surface area contributed by atoms with E-state index in [-0.39, 0.29) is 0 Å². The van der Waals surface area contributed by atoms with Crippen LogP contribution in [-0.4, -0.2) is 31.3 Å². The van der Waals surface area contributed by atoms with Gasteiger partial charge in [0.15, 0.2) is 11.4 Å². The molecule has 7 heteroatoms. The molecular weight excluding hydrogens is 324 g/mol. The lowest BCUT2D eigenvalue weighted by Gasteiger charge is -2.27. The molecule has 1 heterocycles. The van der Waals surface area contributed by atoms with E-state index in [1.54, 1.807) is 0 Å². The summed E-state index contributed by atoms with van der Waals surface area (Å²) in [6.45, 7) is 3.65. The lowest BCUT2D eigenvalue weighted by Crippen LogP contribution is -2.42. The first kappa shape index (κ1) is 14.6. The Morgan fingerprint density at radius 2 is 2.10 bits per heavy atom. The molecule has 0 aliphatic heterocycles. The summed E-state index contributed by atoms with van der Waals surface area (Å²) in [5, 5.41) is 21.2. The summed E-state index contributed by atoms with van der Waals surface area (Å²) in [6.07, 6.45) is 0.815. The van der Waals surface area contributed by atoms with Gasteiger partial charge >= 0.3 is 5.97 Å². The minimum absolute atomic E-state index is 0.408. The number of carbonyl (C=O) groups is 1. The van der Waals surface area contributed by atoms with Crippen LogP contribution < -0.4 is 0 Å². The lowest BCUT2D eigenvalue weighted by molar-refractivity contribution is -0.148. The number of hydrogen-bond acceptors (Lipinski definition) is 4. The summed E-state index contributed by atoms with van der Waals surface area (Å²) >= 11 is 3.39. The number of hydrogen-bond donors (Lipinski definition) is 1. The number of nitrogens with zero attached hydrogens (tertiary/aromatic N) is 4. The third-order valence-corrected chi connectivity index (χ3v) is 4.02. The fourth-order valence-electron chi connectivity index (χ4n) is 2.23. The molecule has 0 spiro atoms. The summed E-state index contributed by atoms with van der Waals surface area (Å²) in [6, 6.07) is 7.46. The zero-order chi connectivity index (χ0) is 14.8. The normalized spacial score (nSPS) is 11.6. The first-order chi connectivity index (χ1) is 9.55. The zero-order valence-corrected chi connectivity index (χ0v) is 12.8. The Morgan fingerprint density at radius 3 is 2.65 bits per heavy atom. The van der Waals surface area contributed by atoms with Crippen LogP contribution >= 0.6 is 15.9 Å². The van der Waals surface area contributed by atoms with Crippen molar-refractivity contribution < 1.29 is 9.90 Å². The SMILES string of the molecule is CCC(CC)(C(=O)O)n1nnnc1-c1cccc(Br)c1. The second kappa shape index (κ2) is 5.70. The van der Waals surface area contributed by atoms with E-state index in [2.05, 4.69) is 31.5 Å². The maximum absolute atomic E-state index is 11.7. The minimum atomic E-state index is -1.12. The van der Waals surface area contributed by atoms with Gasteiger partial charge in [-0.15, -0.1) is 5.10 Å². The number of tetrazole rings is 1. The molecule has 2 rings (SSSR count). The molecule has 1 aromatic heterocycles. The van der Waals surface area contributed by atoms with E-state index in [1.807, 2.05) is 38.1 Å². The minimum Gasteiger partial charge on any atom is -0.479 e. The molecule has 0 amide bonds. The molecule has 0 fully saturated rings. The van der Waals surface area contributed by atoms with Gasteiger partial charge in [-0.25, -0.2) is 9.48 Å². The molecule has 1 aromatic carbocycles. The van der Waals surface area contributed by atoms with Crippen LogP contribution in [0.1, 0.15) is 26.7 Å². The van der Waals surface area contributed by atoms with Crippen LogP contribution in [0.25, 0.3) is 11.4 Å². The summed E-state index contributed by atoms with van der Waals surface area (Å²) in [4.78, 5) is 11.7. The van der Waals surface area contributed by atoms with Crippen LogP contribution in [0.3, 0.4) is 0 Å². The van der Waals surface area contributed by atoms with Crippen molar-refractivity contribution >= 4 is 21.9 Å². The topological polar surface area (TPSA) is 80.9 Å². The summed E-state index contributed by atoms with van der Waals surface area (Å²) in [5.41, 5.74) is -0.349. The van der Waals surface area contributed by atoms with Crippen LogP contribution in [0.5, 0.6) is 0 Å². The van der Waals surface area contributed by atoms with Crippen molar-refractivity contribution in [2.24, 2.45) is 0 Å². The van der Waals surface area contributed by atoms with Gasteiger partial charge in [-0.2, -0.15) is 0 Å². The first-order valence-corrected chi connectivity index (χ1v) is 7.12. The lowest BCUT2D eigenvalue weighted by atomic mass is 9.93. The van der Waals surface area contributed by atoms with Crippen molar-refractivity contribution in [1.82, 2.24) is 20.2 Å². The van der Waals surface area contributed by atoms with E-state index in [0.29, 0.717) is 18.7 Å². The Labute approximate surface area is 124 Å². The Hall–Kier alpha value is -1.76. The van der Waals surface area contributed by atoms with Crippen LogP contribution in [0.15, 0.2) is 28.7 Å². The predicted octanol–water partition coefficient (Wildman–Crippen LogP) is 2.70. The van der Waals surface area contributed by atoms with Crippen LogP contribution in [0.4, 0.5) is 0 Å². The average Bonchev–Trinajstić information content (AvgIpc) is 2.90. The molecule has 20 heavy (non-hydrogen) atoms. The molecule has 0 aliphatic rings. The molecule has 1 N–H and O–H groups in total. The summed E-state index contributed by atoms with van der Waals surface area (Å²) in [7, 11) is 0. The average molecular weight is 339 g/mol. The molecule has 0 bridgehead atoms. The van der Waals surface area contributed by atoms with E-state index in [1.165, 1.54) is 4.68 Å². The number of carboxylic acid groups (broad SMARTS) is 1. The Kier molecular flexibility index (Phi) is 4.17. The molecule has 0 atom stereocenters. The number of aromatic nitrogens is 4. The van der Waals surface area contributed by atoms with Gasteiger partial charge in [0.1, 0.15) is 0 Å². The number of aliphatic carboxylic acids is 1. The zero-order valence-electron chi connectivity index (χ0n) is 11.2. The largest absolute Gasteiger partial charge is 0.479 e. The maximum atomic E-state index is 11.7. The Bertz CT molecular complexity index is 622. The first-order valence-electron chi connectivity index (χ1n) is 6.33. The van der Waals surface area contributed by atoms with Gasteiger partial charge in [0, 0.05) is 10.0 Å². The van der Waals surface area contributed by atoms with E-state index in [9.17, 15) is 9.90 Å². The summed E-state index contributed by atoms with van der Waals surface area (Å²) < 4.78 is 2.30. The van der Waals surface area contributed by atoms with Gasteiger partial charge in [-0.05, 0) is 35.4 Å². The highest BCUT2D eigenvalue weighted by atomic mass is 79.9. The maximum Gasteiger partial charge on any atom is 0.331 e. The number of rotatable bonds is 5. The van der Waals surface area contributed by atoms with Crippen LogP contribution in [0.2, 0.25) is 0 Å². The van der Waals surface area contributed by atoms with Gasteiger partial charge in [0.05, 0.1) is 0 Å². The highest BCUT2D eigenvalue weighted by molar-refractivity contribution is 9.10.